The molecule has 6 nitrogen and oxygen atoms in total. The van der Waals surface area contributed by atoms with Crippen molar-refractivity contribution in [1.82, 2.24) is 10.9 Å². The van der Waals surface area contributed by atoms with E-state index in [1.807, 2.05) is 74.5 Å². The van der Waals surface area contributed by atoms with Crippen LogP contribution in [-0.2, 0) is 9.59 Å². The van der Waals surface area contributed by atoms with Crippen molar-refractivity contribution in [3.05, 3.63) is 83.9 Å². The van der Waals surface area contributed by atoms with E-state index in [2.05, 4.69) is 10.9 Å². The van der Waals surface area contributed by atoms with Gasteiger partial charge in [-0.2, -0.15) is 0 Å². The van der Waals surface area contributed by atoms with E-state index in [9.17, 15) is 9.59 Å². The summed E-state index contributed by atoms with van der Waals surface area (Å²) in [5.41, 5.74) is 8.83. The zero-order valence-electron chi connectivity index (χ0n) is 17.8. The molecule has 160 valence electrons. The summed E-state index contributed by atoms with van der Waals surface area (Å²) < 4.78 is 11.2. The van der Waals surface area contributed by atoms with Crippen molar-refractivity contribution in [2.45, 2.75) is 26.9 Å². The molecule has 0 aliphatic carbocycles. The van der Waals surface area contributed by atoms with E-state index in [1.165, 1.54) is 0 Å². The molecular formula is C25H26N2O4. The molecule has 1 unspecified atom stereocenters. The zero-order chi connectivity index (χ0) is 22.2. The van der Waals surface area contributed by atoms with Gasteiger partial charge < -0.3 is 9.47 Å². The standard InChI is InChI=1S/C25H26N2O4/c1-17-9-10-18(2)23(15-17)31-19(3)25(29)27-26-24(28)16-30-22-13-11-21(12-14-22)20-7-5-4-6-8-20/h4-15,19H,16H2,1-3H3,(H,26,28)(H,27,29). The zero-order valence-corrected chi connectivity index (χ0v) is 17.8. The lowest BCUT2D eigenvalue weighted by Crippen LogP contribution is -2.48. The van der Waals surface area contributed by atoms with Gasteiger partial charge in [0.1, 0.15) is 11.5 Å². The van der Waals surface area contributed by atoms with E-state index >= 15 is 0 Å². The minimum absolute atomic E-state index is 0.225. The van der Waals surface area contributed by atoms with Gasteiger partial charge in [-0.3, -0.25) is 20.4 Å². The summed E-state index contributed by atoms with van der Waals surface area (Å²) in [5.74, 6) is 0.268. The monoisotopic (exact) mass is 418 g/mol. The number of rotatable bonds is 7. The number of amides is 2. The van der Waals surface area contributed by atoms with Crippen molar-refractivity contribution in [2.75, 3.05) is 6.61 Å². The summed E-state index contributed by atoms with van der Waals surface area (Å²) >= 11 is 0. The molecule has 0 radical (unpaired) electrons. The highest BCUT2D eigenvalue weighted by atomic mass is 16.5. The molecule has 0 aromatic heterocycles. The van der Waals surface area contributed by atoms with Gasteiger partial charge in [0.25, 0.3) is 11.8 Å². The fraction of sp³-hybridized carbons (Fsp3) is 0.200. The highest BCUT2D eigenvalue weighted by Crippen LogP contribution is 2.22. The summed E-state index contributed by atoms with van der Waals surface area (Å²) in [6.07, 6.45) is -0.771. The third-order valence-electron chi connectivity index (χ3n) is 4.67. The van der Waals surface area contributed by atoms with Crippen molar-refractivity contribution < 1.29 is 19.1 Å². The number of hydrogen-bond acceptors (Lipinski definition) is 4. The van der Waals surface area contributed by atoms with Crippen molar-refractivity contribution in [3.8, 4) is 22.6 Å². The molecule has 0 bridgehead atoms. The number of carbonyl (C=O) groups excluding carboxylic acids is 2. The third kappa shape index (κ3) is 6.34. The van der Waals surface area contributed by atoms with Crippen LogP contribution in [0.1, 0.15) is 18.1 Å². The first-order valence-electron chi connectivity index (χ1n) is 10.0. The Morgan fingerprint density at radius 2 is 1.55 bits per heavy atom. The van der Waals surface area contributed by atoms with E-state index in [4.69, 9.17) is 9.47 Å². The molecule has 3 aromatic carbocycles. The van der Waals surface area contributed by atoms with E-state index in [0.29, 0.717) is 11.5 Å². The minimum atomic E-state index is -0.771. The van der Waals surface area contributed by atoms with E-state index in [0.717, 1.165) is 22.3 Å². The molecule has 6 heteroatoms. The van der Waals surface area contributed by atoms with E-state index in [1.54, 1.807) is 19.1 Å². The molecule has 0 aliphatic heterocycles. The van der Waals surface area contributed by atoms with Crippen molar-refractivity contribution in [1.29, 1.82) is 0 Å². The second kappa shape index (κ2) is 10.3. The van der Waals surface area contributed by atoms with Gasteiger partial charge in [-0.25, -0.2) is 0 Å². The molecular weight excluding hydrogens is 392 g/mol. The van der Waals surface area contributed by atoms with Crippen LogP contribution in [0.3, 0.4) is 0 Å². The number of carbonyl (C=O) groups is 2. The van der Waals surface area contributed by atoms with Crippen LogP contribution in [0.4, 0.5) is 0 Å². The molecule has 3 rings (SSSR count). The predicted octanol–water partition coefficient (Wildman–Crippen LogP) is 3.96. The largest absolute Gasteiger partial charge is 0.484 e. The summed E-state index contributed by atoms with van der Waals surface area (Å²) in [6.45, 7) is 5.25. The molecule has 0 saturated heterocycles. The molecule has 0 heterocycles. The number of ether oxygens (including phenoxy) is 2. The number of nitrogens with one attached hydrogen (secondary N) is 2. The third-order valence-corrected chi connectivity index (χ3v) is 4.67. The first-order chi connectivity index (χ1) is 14.9. The first-order valence-corrected chi connectivity index (χ1v) is 10.0. The SMILES string of the molecule is Cc1ccc(C)c(OC(C)C(=O)NNC(=O)COc2ccc(-c3ccccc3)cc2)c1. The number of aryl methyl sites for hydroxylation is 2. The van der Waals surface area contributed by atoms with Gasteiger partial charge in [0.2, 0.25) is 0 Å². The summed E-state index contributed by atoms with van der Waals surface area (Å²) in [4.78, 5) is 24.2. The Bertz CT molecular complexity index is 1030. The lowest BCUT2D eigenvalue weighted by molar-refractivity contribution is -0.133. The lowest BCUT2D eigenvalue weighted by atomic mass is 10.1. The van der Waals surface area contributed by atoms with Gasteiger partial charge in [-0.05, 0) is 61.2 Å². The maximum absolute atomic E-state index is 12.2. The Morgan fingerprint density at radius 1 is 0.871 bits per heavy atom. The van der Waals surface area contributed by atoms with Crippen LogP contribution < -0.4 is 20.3 Å². The van der Waals surface area contributed by atoms with Crippen LogP contribution in [0.15, 0.2) is 72.8 Å². The van der Waals surface area contributed by atoms with E-state index in [-0.39, 0.29) is 6.61 Å². The maximum atomic E-state index is 12.2. The quantitative estimate of drug-likeness (QED) is 0.570. The van der Waals surface area contributed by atoms with Gasteiger partial charge in [0.15, 0.2) is 12.7 Å². The summed E-state index contributed by atoms with van der Waals surface area (Å²) in [5, 5.41) is 0. The highest BCUT2D eigenvalue weighted by molar-refractivity contribution is 5.85. The first kappa shape index (κ1) is 21.9. The predicted molar refractivity (Wildman–Crippen MR) is 120 cm³/mol. The van der Waals surface area contributed by atoms with Gasteiger partial charge in [0.05, 0.1) is 0 Å². The van der Waals surface area contributed by atoms with Gasteiger partial charge >= 0.3 is 0 Å². The van der Waals surface area contributed by atoms with Crippen LogP contribution in [-0.4, -0.2) is 24.5 Å². The Kier molecular flexibility index (Phi) is 7.27. The van der Waals surface area contributed by atoms with Crippen molar-refractivity contribution in [3.63, 3.8) is 0 Å². The second-order valence-electron chi connectivity index (χ2n) is 7.25. The Hall–Kier alpha value is -3.80. The fourth-order valence-corrected chi connectivity index (χ4v) is 2.87. The Morgan fingerprint density at radius 3 is 2.26 bits per heavy atom. The number of hydrogen-bond donors (Lipinski definition) is 2. The summed E-state index contributed by atoms with van der Waals surface area (Å²) in [6, 6.07) is 23.2. The van der Waals surface area contributed by atoms with Crippen LogP contribution in [0.5, 0.6) is 11.5 Å². The van der Waals surface area contributed by atoms with Crippen LogP contribution in [0, 0.1) is 13.8 Å². The topological polar surface area (TPSA) is 76.7 Å². The fourth-order valence-electron chi connectivity index (χ4n) is 2.87. The molecule has 31 heavy (non-hydrogen) atoms. The Labute approximate surface area is 182 Å². The average molecular weight is 418 g/mol. The molecule has 0 fully saturated rings. The molecule has 0 aliphatic rings. The highest BCUT2D eigenvalue weighted by Gasteiger charge is 2.16. The smallest absolute Gasteiger partial charge is 0.279 e. The molecule has 2 amide bonds. The normalized spacial score (nSPS) is 11.3. The van der Waals surface area contributed by atoms with Gasteiger partial charge in [-0.15, -0.1) is 0 Å². The lowest BCUT2D eigenvalue weighted by Gasteiger charge is -2.17. The Balaban J connectivity index is 1.43. The summed E-state index contributed by atoms with van der Waals surface area (Å²) in [7, 11) is 0. The van der Waals surface area contributed by atoms with Crippen LogP contribution in [0.2, 0.25) is 0 Å². The average Bonchev–Trinajstić information content (AvgIpc) is 2.79. The van der Waals surface area contributed by atoms with E-state index < -0.39 is 17.9 Å². The number of hydrazine groups is 1. The van der Waals surface area contributed by atoms with Crippen molar-refractivity contribution in [2.24, 2.45) is 0 Å². The molecule has 0 saturated carbocycles. The van der Waals surface area contributed by atoms with Gasteiger partial charge in [0, 0.05) is 0 Å². The maximum Gasteiger partial charge on any atom is 0.279 e. The second-order valence-corrected chi connectivity index (χ2v) is 7.25. The molecule has 1 atom stereocenters. The van der Waals surface area contributed by atoms with Crippen LogP contribution >= 0.6 is 0 Å². The van der Waals surface area contributed by atoms with Gasteiger partial charge in [-0.1, -0.05) is 54.6 Å². The van der Waals surface area contributed by atoms with Crippen LogP contribution in [0.25, 0.3) is 11.1 Å². The molecule has 0 spiro atoms. The number of benzene rings is 3. The molecule has 2 N–H and O–H groups in total. The molecule has 3 aromatic rings. The minimum Gasteiger partial charge on any atom is -0.484 e. The van der Waals surface area contributed by atoms with Crippen molar-refractivity contribution >= 4 is 11.8 Å².